The number of rotatable bonds is 6. The van der Waals surface area contributed by atoms with E-state index in [0.29, 0.717) is 6.54 Å². The van der Waals surface area contributed by atoms with Gasteiger partial charge in [0.15, 0.2) is 5.96 Å². The molecule has 0 unspecified atom stereocenters. The van der Waals surface area contributed by atoms with Gasteiger partial charge in [0, 0.05) is 50.8 Å². The molecule has 0 aromatic carbocycles. The third-order valence-corrected chi connectivity index (χ3v) is 3.06. The van der Waals surface area contributed by atoms with Gasteiger partial charge in [-0.05, 0) is 30.7 Å². The first kappa shape index (κ1) is 15.1. The molecule has 2 rings (SSSR count). The predicted molar refractivity (Wildman–Crippen MR) is 86.2 cm³/mol. The topological polar surface area (TPSA) is 54.2 Å². The molecule has 5 nitrogen and oxygen atoms in total. The number of aryl methyl sites for hydroxylation is 1. The summed E-state index contributed by atoms with van der Waals surface area (Å²) in [5.74, 6) is 0.845. The van der Waals surface area contributed by atoms with Crippen molar-refractivity contribution in [3.8, 4) is 0 Å². The Kier molecular flexibility index (Phi) is 5.82. The van der Waals surface area contributed by atoms with Gasteiger partial charge in [-0.2, -0.15) is 0 Å². The van der Waals surface area contributed by atoms with Crippen LogP contribution in [0.1, 0.15) is 18.2 Å². The van der Waals surface area contributed by atoms with Gasteiger partial charge < -0.3 is 15.2 Å². The van der Waals surface area contributed by atoms with Crippen LogP contribution in [0, 0.1) is 0 Å². The smallest absolute Gasteiger partial charge is 0.191 e. The van der Waals surface area contributed by atoms with Crippen LogP contribution in [0.5, 0.6) is 0 Å². The zero-order chi connectivity index (χ0) is 14.9. The SMILES string of the molecule is CCNC(=NCc1ccn(C)c1)NCCc1ccccn1. The van der Waals surface area contributed by atoms with Crippen molar-refractivity contribution in [3.05, 3.63) is 54.1 Å². The van der Waals surface area contributed by atoms with E-state index in [-0.39, 0.29) is 0 Å². The van der Waals surface area contributed by atoms with Crippen LogP contribution in [0.3, 0.4) is 0 Å². The summed E-state index contributed by atoms with van der Waals surface area (Å²) < 4.78 is 2.03. The monoisotopic (exact) mass is 285 g/mol. The van der Waals surface area contributed by atoms with Gasteiger partial charge in [-0.3, -0.25) is 4.98 Å². The number of aromatic nitrogens is 2. The highest BCUT2D eigenvalue weighted by Crippen LogP contribution is 2.01. The van der Waals surface area contributed by atoms with E-state index in [1.54, 1.807) is 0 Å². The fourth-order valence-corrected chi connectivity index (χ4v) is 2.02. The molecule has 0 bridgehead atoms. The molecular weight excluding hydrogens is 262 g/mol. The highest BCUT2D eigenvalue weighted by molar-refractivity contribution is 5.79. The number of aliphatic imine (C=N–C) groups is 1. The number of guanidine groups is 1. The maximum absolute atomic E-state index is 4.59. The minimum Gasteiger partial charge on any atom is -0.357 e. The lowest BCUT2D eigenvalue weighted by Gasteiger charge is -2.10. The van der Waals surface area contributed by atoms with E-state index < -0.39 is 0 Å². The zero-order valence-electron chi connectivity index (χ0n) is 12.7. The standard InChI is InChI=1S/C16H23N5/c1-3-17-16(20-12-14-8-11-21(2)13-14)19-10-7-15-6-4-5-9-18-15/h4-6,8-9,11,13H,3,7,10,12H2,1-2H3,(H2,17,19,20). The van der Waals surface area contributed by atoms with Gasteiger partial charge in [-0.1, -0.05) is 6.07 Å². The molecule has 2 aromatic heterocycles. The molecular formula is C16H23N5. The lowest BCUT2D eigenvalue weighted by atomic mass is 10.3. The van der Waals surface area contributed by atoms with Crippen LogP contribution >= 0.6 is 0 Å². The first-order chi connectivity index (χ1) is 10.3. The number of nitrogens with one attached hydrogen (secondary N) is 2. The highest BCUT2D eigenvalue weighted by Gasteiger charge is 1.99. The van der Waals surface area contributed by atoms with E-state index in [1.807, 2.05) is 42.2 Å². The highest BCUT2D eigenvalue weighted by atomic mass is 15.2. The first-order valence-electron chi connectivity index (χ1n) is 7.31. The lowest BCUT2D eigenvalue weighted by molar-refractivity contribution is 0.788. The molecule has 0 aliphatic heterocycles. The maximum Gasteiger partial charge on any atom is 0.191 e. The molecule has 0 spiro atoms. The van der Waals surface area contributed by atoms with Crippen LogP contribution in [-0.4, -0.2) is 28.6 Å². The molecule has 0 saturated heterocycles. The number of pyridine rings is 1. The average Bonchev–Trinajstić information content (AvgIpc) is 2.91. The maximum atomic E-state index is 4.59. The molecule has 2 aromatic rings. The fraction of sp³-hybridized carbons (Fsp3) is 0.375. The number of hydrogen-bond acceptors (Lipinski definition) is 2. The third-order valence-electron chi connectivity index (χ3n) is 3.06. The van der Waals surface area contributed by atoms with Gasteiger partial charge >= 0.3 is 0 Å². The second-order valence-corrected chi connectivity index (χ2v) is 4.88. The van der Waals surface area contributed by atoms with Crippen LogP contribution in [0.2, 0.25) is 0 Å². The van der Waals surface area contributed by atoms with Gasteiger partial charge in [0.1, 0.15) is 0 Å². The van der Waals surface area contributed by atoms with Crippen molar-refractivity contribution >= 4 is 5.96 Å². The quantitative estimate of drug-likeness (QED) is 0.627. The molecule has 2 N–H and O–H groups in total. The number of nitrogens with zero attached hydrogens (tertiary/aromatic N) is 3. The van der Waals surface area contributed by atoms with Gasteiger partial charge in [0.25, 0.3) is 0 Å². The third kappa shape index (κ3) is 5.30. The molecule has 0 fully saturated rings. The summed E-state index contributed by atoms with van der Waals surface area (Å²) in [6.07, 6.45) is 6.83. The van der Waals surface area contributed by atoms with Crippen LogP contribution in [-0.2, 0) is 20.0 Å². The Morgan fingerprint density at radius 1 is 1.29 bits per heavy atom. The van der Waals surface area contributed by atoms with Gasteiger partial charge in [-0.15, -0.1) is 0 Å². The Morgan fingerprint density at radius 2 is 2.19 bits per heavy atom. The Bertz CT molecular complexity index is 559. The van der Waals surface area contributed by atoms with E-state index in [1.165, 1.54) is 5.56 Å². The largest absolute Gasteiger partial charge is 0.357 e. The fourth-order valence-electron chi connectivity index (χ4n) is 2.02. The summed E-state index contributed by atoms with van der Waals surface area (Å²) in [6, 6.07) is 8.07. The molecule has 0 amide bonds. The normalized spacial score (nSPS) is 11.4. The van der Waals surface area contributed by atoms with E-state index >= 15 is 0 Å². The van der Waals surface area contributed by atoms with Crippen molar-refractivity contribution in [1.29, 1.82) is 0 Å². The lowest BCUT2D eigenvalue weighted by Crippen LogP contribution is -2.38. The van der Waals surface area contributed by atoms with E-state index in [9.17, 15) is 0 Å². The molecule has 2 heterocycles. The summed E-state index contributed by atoms with van der Waals surface area (Å²) in [5, 5.41) is 6.60. The average molecular weight is 285 g/mol. The Hall–Kier alpha value is -2.30. The summed E-state index contributed by atoms with van der Waals surface area (Å²) in [5.41, 5.74) is 2.29. The second-order valence-electron chi connectivity index (χ2n) is 4.88. The van der Waals surface area contributed by atoms with Crippen LogP contribution in [0.25, 0.3) is 0 Å². The minimum absolute atomic E-state index is 0.680. The summed E-state index contributed by atoms with van der Waals surface area (Å²) >= 11 is 0. The van der Waals surface area contributed by atoms with E-state index in [4.69, 9.17) is 0 Å². The Labute approximate surface area is 126 Å². The predicted octanol–water partition coefficient (Wildman–Crippen LogP) is 1.72. The van der Waals surface area contributed by atoms with Crippen molar-refractivity contribution in [3.63, 3.8) is 0 Å². The number of hydrogen-bond donors (Lipinski definition) is 2. The van der Waals surface area contributed by atoms with Crippen LogP contribution in [0.4, 0.5) is 0 Å². The Balaban J connectivity index is 1.83. The summed E-state index contributed by atoms with van der Waals surface area (Å²) in [6.45, 7) is 4.42. The second kappa shape index (κ2) is 8.09. The summed E-state index contributed by atoms with van der Waals surface area (Å²) in [4.78, 5) is 8.90. The molecule has 21 heavy (non-hydrogen) atoms. The zero-order valence-corrected chi connectivity index (χ0v) is 12.7. The van der Waals surface area contributed by atoms with Crippen LogP contribution < -0.4 is 10.6 Å². The molecule has 0 saturated carbocycles. The van der Waals surface area contributed by atoms with Gasteiger partial charge in [0.05, 0.1) is 6.54 Å². The molecule has 0 aliphatic carbocycles. The Morgan fingerprint density at radius 3 is 2.86 bits per heavy atom. The summed E-state index contributed by atoms with van der Waals surface area (Å²) in [7, 11) is 2.02. The first-order valence-corrected chi connectivity index (χ1v) is 7.31. The van der Waals surface area contributed by atoms with Crippen molar-refractivity contribution in [2.45, 2.75) is 19.9 Å². The molecule has 0 aliphatic rings. The molecule has 112 valence electrons. The van der Waals surface area contributed by atoms with Crippen LogP contribution in [0.15, 0.2) is 47.8 Å². The minimum atomic E-state index is 0.680. The molecule has 5 heteroatoms. The molecule has 0 radical (unpaired) electrons. The van der Waals surface area contributed by atoms with Crippen molar-refractivity contribution < 1.29 is 0 Å². The van der Waals surface area contributed by atoms with Crippen molar-refractivity contribution in [2.75, 3.05) is 13.1 Å². The van der Waals surface area contributed by atoms with Gasteiger partial charge in [-0.25, -0.2) is 4.99 Å². The van der Waals surface area contributed by atoms with E-state index in [2.05, 4.69) is 39.8 Å². The van der Waals surface area contributed by atoms with Crippen molar-refractivity contribution in [2.24, 2.45) is 12.0 Å². The van der Waals surface area contributed by atoms with Gasteiger partial charge in [0.2, 0.25) is 0 Å². The van der Waals surface area contributed by atoms with Crippen molar-refractivity contribution in [1.82, 2.24) is 20.2 Å². The van der Waals surface area contributed by atoms with E-state index in [0.717, 1.165) is 31.2 Å². The molecule has 0 atom stereocenters.